The van der Waals surface area contributed by atoms with Gasteiger partial charge in [-0.15, -0.1) is 0 Å². The van der Waals surface area contributed by atoms with Gasteiger partial charge in [0.25, 0.3) is 5.91 Å². The zero-order chi connectivity index (χ0) is 22.5. The molecule has 2 heterocycles. The van der Waals surface area contributed by atoms with Crippen LogP contribution >= 0.6 is 11.6 Å². The fraction of sp³-hybridized carbons (Fsp3) is 0.333. The molecule has 0 saturated carbocycles. The fourth-order valence-corrected chi connectivity index (χ4v) is 3.61. The average molecular weight is 456 g/mol. The molecule has 4 rings (SSSR count). The minimum absolute atomic E-state index is 0.0744. The first-order valence-corrected chi connectivity index (χ1v) is 11.0. The Kier molecular flexibility index (Phi) is 6.97. The van der Waals surface area contributed by atoms with Gasteiger partial charge >= 0.3 is 0 Å². The standard InChI is InChI=1S/C24H26ClN3O4/c1-3-16(2)26-24(29)20-14-30-23(27-20)13-28(12-18-6-4-5-7-19(18)25)11-17-8-9-21-22(10-17)32-15-31-21/h4-10,14,16H,3,11-13,15H2,1-2H3,(H,26,29). The predicted octanol–water partition coefficient (Wildman–Crippen LogP) is 4.79. The average Bonchev–Trinajstić information content (AvgIpc) is 3.44. The van der Waals surface area contributed by atoms with Gasteiger partial charge in [0.2, 0.25) is 12.7 Å². The number of nitrogens with zero attached hydrogens (tertiary/aromatic N) is 2. The van der Waals surface area contributed by atoms with E-state index in [4.69, 9.17) is 25.5 Å². The zero-order valence-electron chi connectivity index (χ0n) is 18.1. The first kappa shape index (κ1) is 22.2. The SMILES string of the molecule is CCC(C)NC(=O)c1coc(CN(Cc2ccc3c(c2)OCO3)Cc2ccccc2Cl)n1. The van der Waals surface area contributed by atoms with Crippen LogP contribution in [0, 0.1) is 0 Å². The van der Waals surface area contributed by atoms with Gasteiger partial charge in [-0.1, -0.05) is 42.8 Å². The van der Waals surface area contributed by atoms with Crippen LogP contribution in [0.5, 0.6) is 11.5 Å². The van der Waals surface area contributed by atoms with Crippen molar-refractivity contribution in [1.82, 2.24) is 15.2 Å². The van der Waals surface area contributed by atoms with Crippen molar-refractivity contribution in [3.8, 4) is 11.5 Å². The smallest absolute Gasteiger partial charge is 0.273 e. The number of rotatable bonds is 9. The summed E-state index contributed by atoms with van der Waals surface area (Å²) in [6, 6.07) is 13.7. The molecule has 32 heavy (non-hydrogen) atoms. The van der Waals surface area contributed by atoms with Crippen LogP contribution < -0.4 is 14.8 Å². The summed E-state index contributed by atoms with van der Waals surface area (Å²) in [6.45, 7) is 5.82. The van der Waals surface area contributed by atoms with Crippen molar-refractivity contribution in [2.24, 2.45) is 0 Å². The van der Waals surface area contributed by atoms with Crippen molar-refractivity contribution in [1.29, 1.82) is 0 Å². The van der Waals surface area contributed by atoms with Crippen molar-refractivity contribution in [3.63, 3.8) is 0 Å². The summed E-state index contributed by atoms with van der Waals surface area (Å²) < 4.78 is 16.5. The van der Waals surface area contributed by atoms with E-state index >= 15 is 0 Å². The third-order valence-electron chi connectivity index (χ3n) is 5.33. The van der Waals surface area contributed by atoms with Crippen LogP contribution in [0.1, 0.15) is 47.8 Å². The molecule has 7 nitrogen and oxygen atoms in total. The number of aromatic nitrogens is 1. The molecule has 168 valence electrons. The molecular formula is C24H26ClN3O4. The quantitative estimate of drug-likeness (QED) is 0.500. The maximum atomic E-state index is 12.4. The lowest BCUT2D eigenvalue weighted by atomic mass is 10.1. The number of nitrogens with one attached hydrogen (secondary N) is 1. The number of hydrogen-bond donors (Lipinski definition) is 1. The Hall–Kier alpha value is -3.03. The molecule has 1 atom stereocenters. The number of amides is 1. The summed E-state index contributed by atoms with van der Waals surface area (Å²) in [6.07, 6.45) is 2.25. The highest BCUT2D eigenvalue weighted by molar-refractivity contribution is 6.31. The maximum absolute atomic E-state index is 12.4. The molecule has 0 aliphatic carbocycles. The Bertz CT molecular complexity index is 1080. The Labute approximate surface area is 192 Å². The van der Waals surface area contributed by atoms with Crippen LogP contribution in [0.25, 0.3) is 0 Å². The molecule has 3 aromatic rings. The number of ether oxygens (including phenoxy) is 2. The Balaban J connectivity index is 1.51. The fourth-order valence-electron chi connectivity index (χ4n) is 3.41. The number of benzene rings is 2. The molecular weight excluding hydrogens is 430 g/mol. The minimum Gasteiger partial charge on any atom is -0.454 e. The summed E-state index contributed by atoms with van der Waals surface area (Å²) in [5, 5.41) is 3.60. The second-order valence-electron chi connectivity index (χ2n) is 7.83. The van der Waals surface area contributed by atoms with Crippen LogP contribution in [0.4, 0.5) is 0 Å². The third kappa shape index (κ3) is 5.41. The first-order chi connectivity index (χ1) is 15.5. The second-order valence-corrected chi connectivity index (χ2v) is 8.24. The number of fused-ring (bicyclic) bond motifs is 1. The number of hydrogen-bond acceptors (Lipinski definition) is 6. The zero-order valence-corrected chi connectivity index (χ0v) is 18.9. The van der Waals surface area contributed by atoms with Crippen LogP contribution in [0.15, 0.2) is 53.1 Å². The van der Waals surface area contributed by atoms with Gasteiger partial charge in [0, 0.05) is 24.2 Å². The molecule has 1 amide bonds. The van der Waals surface area contributed by atoms with E-state index in [2.05, 4.69) is 15.2 Å². The van der Waals surface area contributed by atoms with E-state index in [0.29, 0.717) is 30.5 Å². The molecule has 8 heteroatoms. The number of halogens is 1. The van der Waals surface area contributed by atoms with Gasteiger partial charge in [-0.05, 0) is 42.7 Å². The highest BCUT2D eigenvalue weighted by Crippen LogP contribution is 2.33. The van der Waals surface area contributed by atoms with E-state index in [9.17, 15) is 4.79 Å². The molecule has 0 saturated heterocycles. The van der Waals surface area contributed by atoms with Gasteiger partial charge < -0.3 is 19.2 Å². The Morgan fingerprint density at radius 1 is 1.16 bits per heavy atom. The largest absolute Gasteiger partial charge is 0.454 e. The summed E-state index contributed by atoms with van der Waals surface area (Å²) in [5.41, 5.74) is 2.33. The van der Waals surface area contributed by atoms with Crippen LogP contribution in [-0.2, 0) is 19.6 Å². The van der Waals surface area contributed by atoms with E-state index < -0.39 is 0 Å². The Morgan fingerprint density at radius 3 is 2.78 bits per heavy atom. The lowest BCUT2D eigenvalue weighted by molar-refractivity contribution is 0.0934. The minimum atomic E-state index is -0.234. The van der Waals surface area contributed by atoms with Crippen LogP contribution in [-0.4, -0.2) is 28.6 Å². The lowest BCUT2D eigenvalue weighted by Gasteiger charge is -2.22. The van der Waals surface area contributed by atoms with Gasteiger partial charge in [-0.2, -0.15) is 0 Å². The Morgan fingerprint density at radius 2 is 1.97 bits per heavy atom. The maximum Gasteiger partial charge on any atom is 0.273 e. The molecule has 1 aromatic heterocycles. The predicted molar refractivity (Wildman–Crippen MR) is 121 cm³/mol. The molecule has 1 aliphatic heterocycles. The van der Waals surface area contributed by atoms with Crippen LogP contribution in [0.3, 0.4) is 0 Å². The van der Waals surface area contributed by atoms with Crippen molar-refractivity contribution < 1.29 is 18.7 Å². The van der Waals surface area contributed by atoms with E-state index in [-0.39, 0.29) is 24.4 Å². The van der Waals surface area contributed by atoms with E-state index in [1.54, 1.807) is 0 Å². The van der Waals surface area contributed by atoms with Crippen LogP contribution in [0.2, 0.25) is 5.02 Å². The molecule has 0 spiro atoms. The van der Waals surface area contributed by atoms with E-state index in [1.807, 2.05) is 56.3 Å². The number of oxazole rings is 1. The highest BCUT2D eigenvalue weighted by Gasteiger charge is 2.19. The second kappa shape index (κ2) is 10.1. The van der Waals surface area contributed by atoms with Crippen molar-refractivity contribution in [3.05, 3.63) is 76.5 Å². The molecule has 0 radical (unpaired) electrons. The summed E-state index contributed by atoms with van der Waals surface area (Å²) >= 11 is 6.40. The lowest BCUT2D eigenvalue weighted by Crippen LogP contribution is -2.32. The molecule has 1 N–H and O–H groups in total. The summed E-state index contributed by atoms with van der Waals surface area (Å²) in [5.74, 6) is 1.71. The molecule has 0 fully saturated rings. The molecule has 1 unspecified atom stereocenters. The topological polar surface area (TPSA) is 76.8 Å². The first-order valence-electron chi connectivity index (χ1n) is 10.6. The van der Waals surface area contributed by atoms with Crippen molar-refractivity contribution in [2.45, 2.75) is 45.9 Å². The monoisotopic (exact) mass is 455 g/mol. The highest BCUT2D eigenvalue weighted by atomic mass is 35.5. The van der Waals surface area contributed by atoms with Gasteiger partial charge in [0.05, 0.1) is 6.54 Å². The molecule has 2 aromatic carbocycles. The van der Waals surface area contributed by atoms with E-state index in [1.165, 1.54) is 6.26 Å². The summed E-state index contributed by atoms with van der Waals surface area (Å²) in [4.78, 5) is 18.9. The van der Waals surface area contributed by atoms with Gasteiger partial charge in [0.15, 0.2) is 17.2 Å². The van der Waals surface area contributed by atoms with Gasteiger partial charge in [-0.3, -0.25) is 9.69 Å². The van der Waals surface area contributed by atoms with Gasteiger partial charge in [0.1, 0.15) is 6.26 Å². The number of carbonyl (C=O) groups excluding carboxylic acids is 1. The normalized spacial score (nSPS) is 13.4. The van der Waals surface area contributed by atoms with Crippen molar-refractivity contribution >= 4 is 17.5 Å². The molecule has 1 aliphatic rings. The van der Waals surface area contributed by atoms with E-state index in [0.717, 1.165) is 29.0 Å². The molecule has 0 bridgehead atoms. The third-order valence-corrected chi connectivity index (χ3v) is 5.70. The summed E-state index contributed by atoms with van der Waals surface area (Å²) in [7, 11) is 0. The number of carbonyl (C=O) groups is 1. The van der Waals surface area contributed by atoms with Crippen molar-refractivity contribution in [2.75, 3.05) is 6.79 Å². The van der Waals surface area contributed by atoms with Gasteiger partial charge in [-0.25, -0.2) is 4.98 Å².